The van der Waals surface area contributed by atoms with Crippen molar-refractivity contribution < 1.29 is 9.53 Å². The number of carbonyl (C=O) groups is 1. The molecule has 0 aliphatic heterocycles. The molecule has 1 aromatic heterocycles. The van der Waals surface area contributed by atoms with Crippen molar-refractivity contribution >= 4 is 5.91 Å². The van der Waals surface area contributed by atoms with Crippen molar-refractivity contribution in [1.82, 2.24) is 20.3 Å². The Kier molecular flexibility index (Phi) is 4.67. The Balaban J connectivity index is 2.08. The standard InChI is InChI=1S/C13H17N5O2/c1-2-20-12-5-3-4-11(6-12)18-9-10(16-17-18)8-15-13(19)7-14/h3-6,9H,2,7-8,14H2,1H3,(H,15,19). The lowest BCUT2D eigenvalue weighted by Gasteiger charge is -2.05. The van der Waals surface area contributed by atoms with Gasteiger partial charge in [0.2, 0.25) is 5.91 Å². The zero-order valence-electron chi connectivity index (χ0n) is 11.2. The fraction of sp³-hybridized carbons (Fsp3) is 0.308. The van der Waals surface area contributed by atoms with Crippen molar-refractivity contribution in [1.29, 1.82) is 0 Å². The van der Waals surface area contributed by atoms with Gasteiger partial charge in [0.05, 0.1) is 31.6 Å². The lowest BCUT2D eigenvalue weighted by Crippen LogP contribution is -2.29. The highest BCUT2D eigenvalue weighted by Gasteiger charge is 2.05. The van der Waals surface area contributed by atoms with E-state index < -0.39 is 0 Å². The number of hydrogen-bond donors (Lipinski definition) is 2. The first-order valence-electron chi connectivity index (χ1n) is 6.34. The minimum absolute atomic E-state index is 0.0372. The van der Waals surface area contributed by atoms with Gasteiger partial charge >= 0.3 is 0 Å². The summed E-state index contributed by atoms with van der Waals surface area (Å²) in [4.78, 5) is 11.1. The summed E-state index contributed by atoms with van der Waals surface area (Å²) < 4.78 is 7.07. The zero-order valence-corrected chi connectivity index (χ0v) is 11.2. The number of carbonyl (C=O) groups excluding carboxylic acids is 1. The number of rotatable bonds is 6. The molecule has 0 saturated heterocycles. The smallest absolute Gasteiger partial charge is 0.234 e. The van der Waals surface area contributed by atoms with Crippen LogP contribution in [0, 0.1) is 0 Å². The van der Waals surface area contributed by atoms with Gasteiger partial charge < -0.3 is 15.8 Å². The summed E-state index contributed by atoms with van der Waals surface area (Å²) in [5.74, 6) is 0.552. The van der Waals surface area contributed by atoms with Crippen molar-refractivity contribution in [2.75, 3.05) is 13.2 Å². The van der Waals surface area contributed by atoms with Gasteiger partial charge in [-0.2, -0.15) is 0 Å². The van der Waals surface area contributed by atoms with E-state index in [1.54, 1.807) is 10.9 Å². The number of benzene rings is 1. The molecule has 2 rings (SSSR count). The van der Waals surface area contributed by atoms with Gasteiger partial charge in [0, 0.05) is 6.07 Å². The minimum Gasteiger partial charge on any atom is -0.494 e. The van der Waals surface area contributed by atoms with Gasteiger partial charge in [-0.25, -0.2) is 4.68 Å². The molecule has 106 valence electrons. The van der Waals surface area contributed by atoms with Crippen LogP contribution in [0.4, 0.5) is 0 Å². The van der Waals surface area contributed by atoms with E-state index in [4.69, 9.17) is 10.5 Å². The molecule has 3 N–H and O–H groups in total. The topological polar surface area (TPSA) is 95.1 Å². The van der Waals surface area contributed by atoms with Crippen molar-refractivity contribution in [3.8, 4) is 11.4 Å². The van der Waals surface area contributed by atoms with Gasteiger partial charge in [0.25, 0.3) is 0 Å². The van der Waals surface area contributed by atoms with Crippen LogP contribution in [0.15, 0.2) is 30.5 Å². The molecule has 0 saturated carbocycles. The lowest BCUT2D eigenvalue weighted by atomic mass is 10.3. The highest BCUT2D eigenvalue weighted by molar-refractivity contribution is 5.77. The maximum absolute atomic E-state index is 11.1. The van der Waals surface area contributed by atoms with Crippen molar-refractivity contribution in [3.63, 3.8) is 0 Å². The third-order valence-electron chi connectivity index (χ3n) is 2.59. The molecule has 7 heteroatoms. The molecular formula is C13H17N5O2. The summed E-state index contributed by atoms with van der Waals surface area (Å²) in [5.41, 5.74) is 6.72. The van der Waals surface area contributed by atoms with Crippen LogP contribution in [-0.2, 0) is 11.3 Å². The number of nitrogens with zero attached hydrogens (tertiary/aromatic N) is 3. The Hall–Kier alpha value is -2.41. The van der Waals surface area contributed by atoms with Crippen molar-refractivity contribution in [2.24, 2.45) is 5.73 Å². The van der Waals surface area contributed by atoms with Crippen molar-refractivity contribution in [2.45, 2.75) is 13.5 Å². The van der Waals surface area contributed by atoms with E-state index in [0.717, 1.165) is 11.4 Å². The summed E-state index contributed by atoms with van der Waals surface area (Å²) in [7, 11) is 0. The van der Waals surface area contributed by atoms with Crippen LogP contribution >= 0.6 is 0 Å². The van der Waals surface area contributed by atoms with Gasteiger partial charge in [-0.05, 0) is 19.1 Å². The number of ether oxygens (including phenoxy) is 1. The van der Waals surface area contributed by atoms with Crippen LogP contribution in [0.2, 0.25) is 0 Å². The highest BCUT2D eigenvalue weighted by Crippen LogP contribution is 2.16. The monoisotopic (exact) mass is 275 g/mol. The van der Waals surface area contributed by atoms with Gasteiger partial charge in [0.1, 0.15) is 11.4 Å². The molecule has 0 radical (unpaired) electrons. The zero-order chi connectivity index (χ0) is 14.4. The number of amides is 1. The number of aromatic nitrogens is 3. The normalized spacial score (nSPS) is 10.3. The second-order valence-electron chi connectivity index (χ2n) is 4.07. The first-order valence-corrected chi connectivity index (χ1v) is 6.34. The molecule has 0 unspecified atom stereocenters. The highest BCUT2D eigenvalue weighted by atomic mass is 16.5. The molecule has 0 bridgehead atoms. The molecule has 2 aromatic rings. The maximum atomic E-state index is 11.1. The number of hydrogen-bond acceptors (Lipinski definition) is 5. The summed E-state index contributed by atoms with van der Waals surface area (Å²) >= 11 is 0. The van der Waals surface area contributed by atoms with Crippen LogP contribution in [0.5, 0.6) is 5.75 Å². The minimum atomic E-state index is -0.224. The van der Waals surface area contributed by atoms with E-state index in [2.05, 4.69) is 15.6 Å². The first kappa shape index (κ1) is 14.0. The van der Waals surface area contributed by atoms with Gasteiger partial charge in [-0.1, -0.05) is 11.3 Å². The van der Waals surface area contributed by atoms with Crippen molar-refractivity contribution in [3.05, 3.63) is 36.2 Å². The molecule has 0 aliphatic carbocycles. The molecule has 0 spiro atoms. The molecule has 0 fully saturated rings. The maximum Gasteiger partial charge on any atom is 0.234 e. The molecule has 1 heterocycles. The molecule has 7 nitrogen and oxygen atoms in total. The van der Waals surface area contributed by atoms with Gasteiger partial charge in [0.15, 0.2) is 0 Å². The van der Waals surface area contributed by atoms with E-state index in [1.807, 2.05) is 31.2 Å². The summed E-state index contributed by atoms with van der Waals surface area (Å²) in [6, 6.07) is 7.55. The second kappa shape index (κ2) is 6.67. The van der Waals surface area contributed by atoms with Gasteiger partial charge in [-0.3, -0.25) is 4.79 Å². The first-order chi connectivity index (χ1) is 9.72. The molecule has 0 aliphatic rings. The fourth-order valence-electron chi connectivity index (χ4n) is 1.65. The lowest BCUT2D eigenvalue weighted by molar-refractivity contribution is -0.119. The average molecular weight is 275 g/mol. The van der Waals surface area contributed by atoms with Crippen LogP contribution < -0.4 is 15.8 Å². The quantitative estimate of drug-likeness (QED) is 0.787. The van der Waals surface area contributed by atoms with E-state index in [0.29, 0.717) is 18.8 Å². The van der Waals surface area contributed by atoms with Crippen LogP contribution in [0.1, 0.15) is 12.6 Å². The van der Waals surface area contributed by atoms with E-state index in [9.17, 15) is 4.79 Å². The molecule has 1 aromatic carbocycles. The third-order valence-corrected chi connectivity index (χ3v) is 2.59. The van der Waals surface area contributed by atoms with Crippen LogP contribution in [0.25, 0.3) is 5.69 Å². The average Bonchev–Trinajstić information content (AvgIpc) is 2.94. The van der Waals surface area contributed by atoms with Crippen LogP contribution in [0.3, 0.4) is 0 Å². The Morgan fingerprint density at radius 1 is 1.50 bits per heavy atom. The van der Waals surface area contributed by atoms with Gasteiger partial charge in [-0.15, -0.1) is 5.10 Å². The molecule has 1 amide bonds. The Morgan fingerprint density at radius 3 is 3.10 bits per heavy atom. The Labute approximate surface area is 116 Å². The van der Waals surface area contributed by atoms with Crippen LogP contribution in [-0.4, -0.2) is 34.1 Å². The number of nitrogens with two attached hydrogens (primary N) is 1. The predicted molar refractivity (Wildman–Crippen MR) is 73.4 cm³/mol. The number of nitrogens with one attached hydrogen (secondary N) is 1. The SMILES string of the molecule is CCOc1cccc(-n2cc(CNC(=O)CN)nn2)c1. The largest absolute Gasteiger partial charge is 0.494 e. The third kappa shape index (κ3) is 3.55. The predicted octanol–water partition coefficient (Wildman–Crippen LogP) is 0.241. The molecule has 20 heavy (non-hydrogen) atoms. The Bertz CT molecular complexity index is 582. The second-order valence-corrected chi connectivity index (χ2v) is 4.07. The molecular weight excluding hydrogens is 258 g/mol. The van der Waals surface area contributed by atoms with E-state index in [1.165, 1.54) is 0 Å². The molecule has 0 atom stereocenters. The summed E-state index contributed by atoms with van der Waals surface area (Å²) in [6.45, 7) is 2.81. The Morgan fingerprint density at radius 2 is 2.35 bits per heavy atom. The summed E-state index contributed by atoms with van der Waals surface area (Å²) in [6.07, 6.45) is 1.75. The van der Waals surface area contributed by atoms with E-state index >= 15 is 0 Å². The van der Waals surface area contributed by atoms with E-state index in [-0.39, 0.29) is 12.5 Å². The summed E-state index contributed by atoms with van der Waals surface area (Å²) in [5, 5.41) is 10.7. The fourth-order valence-corrected chi connectivity index (χ4v) is 1.65.